The monoisotopic (exact) mass is 481 g/mol. The van der Waals surface area contributed by atoms with Gasteiger partial charge in [0.2, 0.25) is 0 Å². The van der Waals surface area contributed by atoms with Crippen LogP contribution in [-0.2, 0) is 32.5 Å². The number of ether oxygens (including phenoxy) is 1. The van der Waals surface area contributed by atoms with Crippen molar-refractivity contribution in [2.24, 2.45) is 0 Å². The van der Waals surface area contributed by atoms with Crippen molar-refractivity contribution in [2.45, 2.75) is 17.9 Å². The van der Waals surface area contributed by atoms with Crippen LogP contribution in [0.2, 0.25) is 10.0 Å². The summed E-state index contributed by atoms with van der Waals surface area (Å²) in [7, 11) is -2.92. The van der Waals surface area contributed by atoms with Gasteiger partial charge in [0.1, 0.15) is 10.7 Å². The van der Waals surface area contributed by atoms with E-state index in [1.807, 2.05) is 0 Å². The van der Waals surface area contributed by atoms with Crippen molar-refractivity contribution < 1.29 is 22.3 Å². The number of esters is 1. The van der Waals surface area contributed by atoms with E-state index in [-0.39, 0.29) is 39.2 Å². The van der Waals surface area contributed by atoms with Gasteiger partial charge in [-0.15, -0.1) is 0 Å². The van der Waals surface area contributed by atoms with Gasteiger partial charge in [0.15, 0.2) is 0 Å². The van der Waals surface area contributed by atoms with Crippen LogP contribution in [0.3, 0.4) is 0 Å². The van der Waals surface area contributed by atoms with Gasteiger partial charge in [0, 0.05) is 10.6 Å². The minimum atomic E-state index is -4.20. The predicted molar refractivity (Wildman–Crippen MR) is 118 cm³/mol. The number of hydrogen-bond acceptors (Lipinski definition) is 4. The molecule has 0 fully saturated rings. The first-order valence-electron chi connectivity index (χ1n) is 9.09. The Morgan fingerprint density at radius 1 is 1.03 bits per heavy atom. The minimum absolute atomic E-state index is 0.00903. The van der Waals surface area contributed by atoms with Gasteiger partial charge in [0.25, 0.3) is 10.0 Å². The topological polar surface area (TPSA) is 63.7 Å². The Labute approximate surface area is 190 Å². The van der Waals surface area contributed by atoms with E-state index < -0.39 is 21.8 Å². The zero-order valence-electron chi connectivity index (χ0n) is 16.4. The van der Waals surface area contributed by atoms with Crippen LogP contribution in [0.1, 0.15) is 11.1 Å². The molecule has 0 N–H and O–H groups in total. The molecule has 0 atom stereocenters. The molecule has 0 heterocycles. The van der Waals surface area contributed by atoms with Gasteiger partial charge < -0.3 is 4.74 Å². The lowest BCUT2D eigenvalue weighted by molar-refractivity contribution is -0.139. The molecule has 0 unspecified atom stereocenters. The van der Waals surface area contributed by atoms with E-state index in [1.54, 1.807) is 18.2 Å². The largest absolute Gasteiger partial charge is 0.469 e. The van der Waals surface area contributed by atoms with Crippen LogP contribution in [-0.4, -0.2) is 21.5 Å². The van der Waals surface area contributed by atoms with Gasteiger partial charge in [-0.25, -0.2) is 12.8 Å². The molecule has 0 spiro atoms. The molecular weight excluding hydrogens is 464 g/mol. The van der Waals surface area contributed by atoms with Crippen LogP contribution in [0.5, 0.6) is 0 Å². The number of benzene rings is 3. The summed E-state index contributed by atoms with van der Waals surface area (Å²) in [6.45, 7) is -0.270. The molecule has 0 aliphatic carbocycles. The van der Waals surface area contributed by atoms with E-state index in [0.29, 0.717) is 5.56 Å². The molecule has 3 rings (SSSR count). The first kappa shape index (κ1) is 23.1. The smallest absolute Gasteiger partial charge is 0.309 e. The summed E-state index contributed by atoms with van der Waals surface area (Å²) in [5, 5.41) is 0.187. The SMILES string of the molecule is COC(=O)Cc1ccc(N(Cc2ccccc2F)S(=O)(=O)c2cc(Cl)ccc2Cl)cc1. The lowest BCUT2D eigenvalue weighted by Gasteiger charge is -2.25. The zero-order valence-corrected chi connectivity index (χ0v) is 18.7. The van der Waals surface area contributed by atoms with E-state index in [9.17, 15) is 17.6 Å². The number of carbonyl (C=O) groups is 1. The Morgan fingerprint density at radius 2 is 1.71 bits per heavy atom. The third-order valence-electron chi connectivity index (χ3n) is 4.53. The predicted octanol–water partition coefficient (Wildman–Crippen LogP) is 5.24. The quantitative estimate of drug-likeness (QED) is 0.432. The first-order valence-corrected chi connectivity index (χ1v) is 11.3. The fourth-order valence-electron chi connectivity index (χ4n) is 2.91. The molecule has 0 aliphatic heterocycles. The van der Waals surface area contributed by atoms with Gasteiger partial charge in [0.05, 0.1) is 30.8 Å². The molecule has 0 radical (unpaired) electrons. The van der Waals surface area contributed by atoms with Gasteiger partial charge in [-0.2, -0.15) is 0 Å². The average molecular weight is 482 g/mol. The molecule has 0 aromatic heterocycles. The summed E-state index contributed by atoms with van der Waals surface area (Å²) in [4.78, 5) is 11.3. The molecule has 31 heavy (non-hydrogen) atoms. The maximum atomic E-state index is 14.3. The molecule has 5 nitrogen and oxygen atoms in total. The van der Waals surface area contributed by atoms with Crippen LogP contribution in [0.4, 0.5) is 10.1 Å². The number of methoxy groups -OCH3 is 1. The molecule has 9 heteroatoms. The second-order valence-corrected chi connectivity index (χ2v) is 9.27. The molecule has 3 aromatic carbocycles. The Bertz CT molecular complexity index is 1200. The third kappa shape index (κ3) is 5.36. The second-order valence-electron chi connectivity index (χ2n) is 6.60. The number of rotatable bonds is 7. The maximum absolute atomic E-state index is 14.3. The number of halogens is 3. The number of nitrogens with zero attached hydrogens (tertiary/aromatic N) is 1. The van der Waals surface area contributed by atoms with Gasteiger partial charge in [-0.05, 0) is 42.0 Å². The van der Waals surface area contributed by atoms with Crippen molar-refractivity contribution in [1.29, 1.82) is 0 Å². The Hall–Kier alpha value is -2.61. The number of sulfonamides is 1. The minimum Gasteiger partial charge on any atom is -0.469 e. The van der Waals surface area contributed by atoms with Crippen LogP contribution in [0, 0.1) is 5.82 Å². The molecule has 0 bridgehead atoms. The lowest BCUT2D eigenvalue weighted by Crippen LogP contribution is -2.31. The van der Waals surface area contributed by atoms with Crippen molar-refractivity contribution >= 4 is 44.9 Å². The average Bonchev–Trinajstić information content (AvgIpc) is 2.75. The van der Waals surface area contributed by atoms with Gasteiger partial charge in [-0.3, -0.25) is 9.10 Å². The molecule has 0 saturated carbocycles. The van der Waals surface area contributed by atoms with Crippen molar-refractivity contribution in [2.75, 3.05) is 11.4 Å². The summed E-state index contributed by atoms with van der Waals surface area (Å²) in [6, 6.07) is 16.3. The lowest BCUT2D eigenvalue weighted by atomic mass is 10.1. The van der Waals surface area contributed by atoms with Crippen LogP contribution in [0.15, 0.2) is 71.6 Å². The van der Waals surface area contributed by atoms with Crippen LogP contribution in [0.25, 0.3) is 0 Å². The molecule has 0 amide bonds. The van der Waals surface area contributed by atoms with Crippen LogP contribution < -0.4 is 4.31 Å². The fourth-order valence-corrected chi connectivity index (χ4v) is 5.09. The fraction of sp³-hybridized carbons (Fsp3) is 0.136. The van der Waals surface area contributed by atoms with Crippen LogP contribution >= 0.6 is 23.2 Å². The molecule has 0 saturated heterocycles. The van der Waals surface area contributed by atoms with Crippen molar-refractivity contribution in [3.63, 3.8) is 0 Å². The Morgan fingerprint density at radius 3 is 2.35 bits per heavy atom. The molecule has 3 aromatic rings. The van der Waals surface area contributed by atoms with Crippen molar-refractivity contribution in [1.82, 2.24) is 0 Å². The third-order valence-corrected chi connectivity index (χ3v) is 7.02. The maximum Gasteiger partial charge on any atom is 0.309 e. The summed E-state index contributed by atoms with van der Waals surface area (Å²) in [5.74, 6) is -0.962. The highest BCUT2D eigenvalue weighted by atomic mass is 35.5. The number of anilines is 1. The number of carbonyl (C=O) groups excluding carboxylic acids is 1. The van der Waals surface area contributed by atoms with Gasteiger partial charge in [-0.1, -0.05) is 53.5 Å². The Balaban J connectivity index is 2.08. The van der Waals surface area contributed by atoms with E-state index in [4.69, 9.17) is 23.2 Å². The highest BCUT2D eigenvalue weighted by molar-refractivity contribution is 7.93. The molecular formula is C22H18Cl2FNO4S. The number of hydrogen-bond donors (Lipinski definition) is 0. The summed E-state index contributed by atoms with van der Waals surface area (Å²) in [5.41, 5.74) is 1.09. The van der Waals surface area contributed by atoms with Crippen molar-refractivity contribution in [3.05, 3.63) is 93.7 Å². The van der Waals surface area contributed by atoms with E-state index >= 15 is 0 Å². The second kappa shape index (κ2) is 9.68. The van der Waals surface area contributed by atoms with E-state index in [0.717, 1.165) is 4.31 Å². The van der Waals surface area contributed by atoms with Gasteiger partial charge >= 0.3 is 5.97 Å². The molecule has 162 valence electrons. The Kier molecular flexibility index (Phi) is 7.20. The zero-order chi connectivity index (χ0) is 22.6. The van der Waals surface area contributed by atoms with E-state index in [2.05, 4.69) is 4.74 Å². The summed E-state index contributed by atoms with van der Waals surface area (Å²) >= 11 is 12.2. The van der Waals surface area contributed by atoms with Crippen molar-refractivity contribution in [3.8, 4) is 0 Å². The normalized spacial score (nSPS) is 11.2. The standard InChI is InChI=1S/C22H18Cl2FNO4S/c1-30-22(27)12-15-6-9-18(10-7-15)26(14-16-4-2-3-5-20(16)25)31(28,29)21-13-17(23)8-11-19(21)24/h2-11,13H,12,14H2,1H3. The van der Waals surface area contributed by atoms with E-state index in [1.165, 1.54) is 55.6 Å². The molecule has 0 aliphatic rings. The first-order chi connectivity index (χ1) is 14.7. The highest BCUT2D eigenvalue weighted by Crippen LogP contribution is 2.32. The summed E-state index contributed by atoms with van der Waals surface area (Å²) in [6.07, 6.45) is 0.0387. The highest BCUT2D eigenvalue weighted by Gasteiger charge is 2.28. The summed E-state index contributed by atoms with van der Waals surface area (Å²) < 4.78 is 47.1.